The molecule has 4 rings (SSSR count). The number of hydrogen-bond acceptors (Lipinski definition) is 5. The zero-order valence-corrected chi connectivity index (χ0v) is 17.6. The van der Waals surface area contributed by atoms with Gasteiger partial charge >= 0.3 is 0 Å². The maximum Gasteiger partial charge on any atom is 0.190 e. The predicted octanol–water partition coefficient (Wildman–Crippen LogP) is 2.11. The summed E-state index contributed by atoms with van der Waals surface area (Å²) in [6, 6.07) is 0. The van der Waals surface area contributed by atoms with Crippen molar-refractivity contribution in [2.45, 2.75) is 62.8 Å². The van der Waals surface area contributed by atoms with E-state index in [0.29, 0.717) is 12.0 Å². The molecule has 0 spiro atoms. The van der Waals surface area contributed by atoms with E-state index >= 15 is 4.39 Å². The summed E-state index contributed by atoms with van der Waals surface area (Å²) < 4.78 is 17.0. The highest BCUT2D eigenvalue weighted by atomic mass is 35.5. The van der Waals surface area contributed by atoms with Gasteiger partial charge in [0.05, 0.1) is 11.5 Å². The summed E-state index contributed by atoms with van der Waals surface area (Å²) in [7, 11) is 0. The molecule has 4 aliphatic carbocycles. The van der Waals surface area contributed by atoms with Gasteiger partial charge in [0.1, 0.15) is 12.2 Å². The van der Waals surface area contributed by atoms with E-state index in [9.17, 15) is 24.9 Å². The summed E-state index contributed by atoms with van der Waals surface area (Å²) >= 11 is 6.64. The lowest BCUT2D eigenvalue weighted by Crippen LogP contribution is -2.70. The van der Waals surface area contributed by atoms with Crippen molar-refractivity contribution in [3.63, 3.8) is 0 Å². The number of carbonyl (C=O) groups excluding carboxylic acids is 2. The van der Waals surface area contributed by atoms with E-state index in [1.165, 1.54) is 18.2 Å². The third-order valence-electron chi connectivity index (χ3n) is 8.78. The molecule has 3 N–H and O–H groups in total. The molecule has 9 atom stereocenters. The predicted molar refractivity (Wildman–Crippen MR) is 105 cm³/mol. The van der Waals surface area contributed by atoms with E-state index in [1.54, 1.807) is 20.8 Å². The molecule has 0 radical (unpaired) electrons. The van der Waals surface area contributed by atoms with Crippen LogP contribution in [0.1, 0.15) is 40.0 Å². The third-order valence-corrected chi connectivity index (χ3v) is 9.19. The van der Waals surface area contributed by atoms with E-state index < -0.39 is 63.7 Å². The highest BCUT2D eigenvalue weighted by Crippen LogP contribution is 2.71. The Bertz CT molecular complexity index is 841. The summed E-state index contributed by atoms with van der Waals surface area (Å²) in [6.07, 6.45) is 3.22. The molecule has 29 heavy (non-hydrogen) atoms. The lowest BCUT2D eigenvalue weighted by atomic mass is 9.44. The molecule has 0 heterocycles. The Kier molecular flexibility index (Phi) is 4.54. The zero-order chi connectivity index (χ0) is 21.6. The molecule has 0 aliphatic heterocycles. The van der Waals surface area contributed by atoms with Crippen molar-refractivity contribution in [1.29, 1.82) is 0 Å². The molecule has 0 aromatic heterocycles. The highest BCUT2D eigenvalue weighted by Gasteiger charge is 2.76. The molecule has 7 heteroatoms. The molecular weight excluding hydrogens is 399 g/mol. The van der Waals surface area contributed by atoms with Gasteiger partial charge in [0.15, 0.2) is 17.2 Å². The van der Waals surface area contributed by atoms with Crippen LogP contribution in [0.4, 0.5) is 4.39 Å². The number of allylic oxidation sites excluding steroid dienone is 4. The van der Waals surface area contributed by atoms with Crippen LogP contribution in [0.25, 0.3) is 0 Å². The molecule has 0 bridgehead atoms. The van der Waals surface area contributed by atoms with Crippen molar-refractivity contribution in [3.05, 3.63) is 23.8 Å². The Morgan fingerprint density at radius 2 is 1.97 bits per heavy atom. The van der Waals surface area contributed by atoms with Crippen LogP contribution in [0.5, 0.6) is 0 Å². The third kappa shape index (κ3) is 2.26. The van der Waals surface area contributed by atoms with Crippen LogP contribution in [0, 0.1) is 28.6 Å². The molecule has 3 saturated carbocycles. The van der Waals surface area contributed by atoms with Crippen molar-refractivity contribution < 1.29 is 29.3 Å². The topological polar surface area (TPSA) is 94.8 Å². The standard InChI is InChI=1S/C22H28ClFO5/c1-11-6-13-14-8-16(23)15-7-12(26)4-5-19(15,2)21(14,24)17(27)9-20(13,3)22(11,29)18(28)10-25/h4-5,7,11,13-14,16-17,25,27,29H,6,8-10H2,1-3H3/t11-,13+,14+,16+,17+,19+,20+,21?,22+/m1/s1. The molecule has 0 aromatic carbocycles. The number of Topliss-reactive ketones (excluding diaryl/α,β-unsaturated/α-hetero) is 1. The maximum absolute atomic E-state index is 17.0. The number of halogens is 2. The van der Waals surface area contributed by atoms with Gasteiger partial charge in [-0.05, 0) is 55.7 Å². The summed E-state index contributed by atoms with van der Waals surface area (Å²) in [4.78, 5) is 24.5. The Morgan fingerprint density at radius 1 is 1.31 bits per heavy atom. The minimum atomic E-state index is -2.08. The lowest BCUT2D eigenvalue weighted by Gasteiger charge is -2.63. The highest BCUT2D eigenvalue weighted by molar-refractivity contribution is 6.23. The first-order valence-corrected chi connectivity index (χ1v) is 10.6. The smallest absolute Gasteiger partial charge is 0.190 e. The van der Waals surface area contributed by atoms with Crippen molar-refractivity contribution in [2.75, 3.05) is 6.61 Å². The van der Waals surface area contributed by atoms with Gasteiger partial charge in [-0.3, -0.25) is 9.59 Å². The van der Waals surface area contributed by atoms with Gasteiger partial charge in [-0.2, -0.15) is 0 Å². The van der Waals surface area contributed by atoms with Gasteiger partial charge in [0.25, 0.3) is 0 Å². The number of ketones is 2. The first kappa shape index (κ1) is 21.2. The van der Waals surface area contributed by atoms with Crippen molar-refractivity contribution in [2.24, 2.45) is 28.6 Å². The summed E-state index contributed by atoms with van der Waals surface area (Å²) in [6.45, 7) is 4.31. The molecule has 5 nitrogen and oxygen atoms in total. The average Bonchev–Trinajstić information content (AvgIpc) is 2.86. The van der Waals surface area contributed by atoms with Gasteiger partial charge in [-0.1, -0.05) is 19.9 Å². The lowest BCUT2D eigenvalue weighted by molar-refractivity contribution is -0.219. The molecule has 3 fully saturated rings. The number of carbonyl (C=O) groups is 2. The molecule has 1 unspecified atom stereocenters. The zero-order valence-electron chi connectivity index (χ0n) is 16.9. The van der Waals surface area contributed by atoms with Gasteiger partial charge in [-0.15, -0.1) is 11.6 Å². The fraction of sp³-hybridized carbons (Fsp3) is 0.727. The molecule has 0 amide bonds. The molecule has 160 valence electrons. The molecular formula is C22H28ClFO5. The second-order valence-electron chi connectivity index (χ2n) is 9.84. The van der Waals surface area contributed by atoms with Crippen LogP contribution in [-0.2, 0) is 9.59 Å². The van der Waals surface area contributed by atoms with E-state index in [1.807, 2.05) is 0 Å². The van der Waals surface area contributed by atoms with E-state index in [-0.39, 0.29) is 18.6 Å². The Hall–Kier alpha value is -1.08. The second-order valence-corrected chi connectivity index (χ2v) is 10.4. The van der Waals surface area contributed by atoms with Crippen LogP contribution in [0.2, 0.25) is 0 Å². The number of rotatable bonds is 2. The van der Waals surface area contributed by atoms with Crippen molar-refractivity contribution in [1.82, 2.24) is 0 Å². The number of aliphatic hydroxyl groups excluding tert-OH is 2. The second kappa shape index (κ2) is 6.22. The number of alkyl halides is 2. The number of hydrogen-bond donors (Lipinski definition) is 3. The largest absolute Gasteiger partial charge is 0.390 e. The van der Waals surface area contributed by atoms with Crippen LogP contribution in [0.15, 0.2) is 23.8 Å². The van der Waals surface area contributed by atoms with Gasteiger partial charge in [-0.25, -0.2) is 4.39 Å². The normalized spacial score (nSPS) is 53.7. The SMILES string of the molecule is C[C@@H]1C[C@H]2[C@@H]3C[C@H](Cl)C4=CC(=O)C=C[C@]4(C)C3(F)[C@@H](O)C[C@]2(C)[C@@]1(O)C(=O)CO. The molecule has 0 aromatic rings. The maximum atomic E-state index is 17.0. The fourth-order valence-corrected chi connectivity index (χ4v) is 7.74. The fourth-order valence-electron chi connectivity index (χ4n) is 7.25. The van der Waals surface area contributed by atoms with Crippen LogP contribution in [0.3, 0.4) is 0 Å². The van der Waals surface area contributed by atoms with Gasteiger partial charge in [0, 0.05) is 16.7 Å². The van der Waals surface area contributed by atoms with E-state index in [0.717, 1.165) is 0 Å². The number of fused-ring (bicyclic) bond motifs is 5. The Morgan fingerprint density at radius 3 is 2.59 bits per heavy atom. The van der Waals surface area contributed by atoms with Gasteiger partial charge in [0.2, 0.25) is 0 Å². The Balaban J connectivity index is 1.87. The summed E-state index contributed by atoms with van der Waals surface area (Å²) in [5, 5.41) is 31.5. The summed E-state index contributed by atoms with van der Waals surface area (Å²) in [5.41, 5.74) is -5.79. The Labute approximate surface area is 174 Å². The van der Waals surface area contributed by atoms with Crippen LogP contribution >= 0.6 is 11.6 Å². The first-order valence-electron chi connectivity index (χ1n) is 10.2. The number of aliphatic hydroxyl groups is 3. The minimum Gasteiger partial charge on any atom is -0.390 e. The molecule has 4 aliphatic rings. The van der Waals surface area contributed by atoms with Crippen molar-refractivity contribution in [3.8, 4) is 0 Å². The quantitative estimate of drug-likeness (QED) is 0.588. The van der Waals surface area contributed by atoms with Crippen molar-refractivity contribution >= 4 is 23.2 Å². The summed E-state index contributed by atoms with van der Waals surface area (Å²) in [5.74, 6) is -2.55. The average molecular weight is 427 g/mol. The molecule has 0 saturated heterocycles. The minimum absolute atomic E-state index is 0.116. The van der Waals surface area contributed by atoms with Crippen LogP contribution < -0.4 is 0 Å². The van der Waals surface area contributed by atoms with E-state index in [4.69, 9.17) is 11.6 Å². The van der Waals surface area contributed by atoms with E-state index in [2.05, 4.69) is 0 Å². The monoisotopic (exact) mass is 426 g/mol. The first-order chi connectivity index (χ1) is 13.4. The van der Waals surface area contributed by atoms with Crippen LogP contribution in [-0.4, -0.2) is 56.2 Å². The van der Waals surface area contributed by atoms with Gasteiger partial charge < -0.3 is 15.3 Å².